The molecule has 0 spiro atoms. The summed E-state index contributed by atoms with van der Waals surface area (Å²) in [6, 6.07) is 0. The SMILES string of the molecule is C=C(CO)CC(C)(C)C. The maximum absolute atomic E-state index is 8.60. The van der Waals surface area contributed by atoms with Gasteiger partial charge in [-0.05, 0) is 11.8 Å². The zero-order chi connectivity index (χ0) is 7.49. The van der Waals surface area contributed by atoms with E-state index in [1.807, 2.05) is 0 Å². The molecule has 1 N–H and O–H groups in total. The molecule has 54 valence electrons. The summed E-state index contributed by atoms with van der Waals surface area (Å²) in [6.07, 6.45) is 0.906. The minimum atomic E-state index is 0.122. The number of hydrogen-bond acceptors (Lipinski definition) is 1. The van der Waals surface area contributed by atoms with E-state index in [0.717, 1.165) is 12.0 Å². The first-order chi connectivity index (χ1) is 3.95. The Kier molecular flexibility index (Phi) is 2.92. The highest BCUT2D eigenvalue weighted by Gasteiger charge is 2.10. The molecule has 0 aliphatic rings. The van der Waals surface area contributed by atoms with Gasteiger partial charge >= 0.3 is 0 Å². The first kappa shape index (κ1) is 8.70. The summed E-state index contributed by atoms with van der Waals surface area (Å²) in [5.41, 5.74) is 1.18. The molecule has 0 fully saturated rings. The first-order valence-corrected chi connectivity index (χ1v) is 3.23. The fourth-order valence-electron chi connectivity index (χ4n) is 0.806. The van der Waals surface area contributed by atoms with Gasteiger partial charge in [-0.2, -0.15) is 0 Å². The average molecular weight is 128 g/mol. The van der Waals surface area contributed by atoms with Crippen molar-refractivity contribution >= 4 is 0 Å². The van der Waals surface area contributed by atoms with Crippen molar-refractivity contribution in [3.63, 3.8) is 0 Å². The van der Waals surface area contributed by atoms with E-state index in [0.29, 0.717) is 0 Å². The summed E-state index contributed by atoms with van der Waals surface area (Å²) >= 11 is 0. The molecule has 0 aromatic heterocycles. The summed E-state index contributed by atoms with van der Waals surface area (Å²) in [7, 11) is 0. The molecule has 0 aliphatic heterocycles. The van der Waals surface area contributed by atoms with Crippen molar-refractivity contribution < 1.29 is 5.11 Å². The van der Waals surface area contributed by atoms with Crippen LogP contribution in [-0.4, -0.2) is 11.7 Å². The fraction of sp³-hybridized carbons (Fsp3) is 0.750. The second kappa shape index (κ2) is 3.02. The van der Waals surface area contributed by atoms with Gasteiger partial charge in [-0.1, -0.05) is 32.9 Å². The summed E-state index contributed by atoms with van der Waals surface area (Å²) < 4.78 is 0. The van der Waals surface area contributed by atoms with Gasteiger partial charge in [-0.3, -0.25) is 0 Å². The van der Waals surface area contributed by atoms with E-state index in [9.17, 15) is 0 Å². The minimum Gasteiger partial charge on any atom is -0.392 e. The van der Waals surface area contributed by atoms with Gasteiger partial charge in [0.05, 0.1) is 6.61 Å². The molecule has 0 aromatic rings. The standard InChI is InChI=1S/C8H16O/c1-7(6-9)5-8(2,3)4/h9H,1,5-6H2,2-4H3. The van der Waals surface area contributed by atoms with Crippen LogP contribution >= 0.6 is 0 Å². The third-order valence-electron chi connectivity index (χ3n) is 1.00. The van der Waals surface area contributed by atoms with Gasteiger partial charge in [-0.15, -0.1) is 0 Å². The third kappa shape index (κ3) is 5.57. The van der Waals surface area contributed by atoms with E-state index in [4.69, 9.17) is 5.11 Å². The zero-order valence-electron chi connectivity index (χ0n) is 6.57. The minimum absolute atomic E-state index is 0.122. The molecule has 0 aliphatic carbocycles. The molecule has 0 rings (SSSR count). The Bertz CT molecular complexity index is 97.6. The molecule has 1 nitrogen and oxygen atoms in total. The highest BCUT2D eigenvalue weighted by Crippen LogP contribution is 2.22. The van der Waals surface area contributed by atoms with E-state index in [2.05, 4.69) is 27.4 Å². The molecule has 0 atom stereocenters. The van der Waals surface area contributed by atoms with Gasteiger partial charge in [-0.25, -0.2) is 0 Å². The fourth-order valence-corrected chi connectivity index (χ4v) is 0.806. The van der Waals surface area contributed by atoms with E-state index in [1.165, 1.54) is 0 Å². The molecule has 0 saturated heterocycles. The lowest BCUT2D eigenvalue weighted by atomic mass is 9.89. The number of hydrogen-bond donors (Lipinski definition) is 1. The first-order valence-electron chi connectivity index (χ1n) is 3.23. The number of aliphatic hydroxyl groups excluding tert-OH is 1. The van der Waals surface area contributed by atoms with Crippen LogP contribution in [0.15, 0.2) is 12.2 Å². The smallest absolute Gasteiger partial charge is 0.0639 e. The monoisotopic (exact) mass is 128 g/mol. The lowest BCUT2D eigenvalue weighted by Crippen LogP contribution is -2.07. The second-order valence-corrected chi connectivity index (χ2v) is 3.65. The van der Waals surface area contributed by atoms with Crippen molar-refractivity contribution in [1.29, 1.82) is 0 Å². The van der Waals surface area contributed by atoms with Crippen molar-refractivity contribution in [1.82, 2.24) is 0 Å². The summed E-state index contributed by atoms with van der Waals surface area (Å²) in [4.78, 5) is 0. The topological polar surface area (TPSA) is 20.2 Å². The zero-order valence-corrected chi connectivity index (χ0v) is 6.57. The number of aliphatic hydroxyl groups is 1. The van der Waals surface area contributed by atoms with Gasteiger partial charge in [0.2, 0.25) is 0 Å². The Morgan fingerprint density at radius 2 is 1.89 bits per heavy atom. The van der Waals surface area contributed by atoms with Gasteiger partial charge in [0.15, 0.2) is 0 Å². The Morgan fingerprint density at radius 3 is 2.00 bits per heavy atom. The van der Waals surface area contributed by atoms with Crippen LogP contribution < -0.4 is 0 Å². The molecular weight excluding hydrogens is 112 g/mol. The lowest BCUT2D eigenvalue weighted by molar-refractivity contribution is 0.306. The van der Waals surface area contributed by atoms with Crippen molar-refractivity contribution in [2.24, 2.45) is 5.41 Å². The van der Waals surface area contributed by atoms with Crippen LogP contribution in [0.5, 0.6) is 0 Å². The van der Waals surface area contributed by atoms with Crippen LogP contribution in [0.3, 0.4) is 0 Å². The summed E-state index contributed by atoms with van der Waals surface area (Å²) in [5.74, 6) is 0. The summed E-state index contributed by atoms with van der Waals surface area (Å²) in [6.45, 7) is 10.2. The van der Waals surface area contributed by atoms with E-state index >= 15 is 0 Å². The van der Waals surface area contributed by atoms with Crippen LogP contribution in [0.4, 0.5) is 0 Å². The Labute approximate surface area is 57.4 Å². The molecule has 0 radical (unpaired) electrons. The normalized spacial score (nSPS) is 11.6. The molecule has 9 heavy (non-hydrogen) atoms. The molecule has 0 heterocycles. The van der Waals surface area contributed by atoms with Crippen molar-refractivity contribution in [2.45, 2.75) is 27.2 Å². The van der Waals surface area contributed by atoms with Gasteiger partial charge in [0, 0.05) is 0 Å². The highest BCUT2D eigenvalue weighted by atomic mass is 16.3. The van der Waals surface area contributed by atoms with Crippen LogP contribution in [0.25, 0.3) is 0 Å². The van der Waals surface area contributed by atoms with Crippen LogP contribution in [0.1, 0.15) is 27.2 Å². The molecule has 0 unspecified atom stereocenters. The third-order valence-corrected chi connectivity index (χ3v) is 1.00. The number of rotatable bonds is 2. The predicted octanol–water partition coefficient (Wildman–Crippen LogP) is 1.97. The quantitative estimate of drug-likeness (QED) is 0.564. The van der Waals surface area contributed by atoms with E-state index in [1.54, 1.807) is 0 Å². The van der Waals surface area contributed by atoms with Gasteiger partial charge < -0.3 is 5.11 Å². The van der Waals surface area contributed by atoms with E-state index in [-0.39, 0.29) is 12.0 Å². The summed E-state index contributed by atoms with van der Waals surface area (Å²) in [5, 5.41) is 8.60. The van der Waals surface area contributed by atoms with Crippen molar-refractivity contribution in [3.8, 4) is 0 Å². The van der Waals surface area contributed by atoms with Gasteiger partial charge in [0.1, 0.15) is 0 Å². The predicted molar refractivity (Wildman–Crippen MR) is 40.3 cm³/mol. The lowest BCUT2D eigenvalue weighted by Gasteiger charge is -2.18. The molecule has 1 heteroatoms. The van der Waals surface area contributed by atoms with Gasteiger partial charge in [0.25, 0.3) is 0 Å². The Hall–Kier alpha value is -0.300. The molecule has 0 bridgehead atoms. The maximum atomic E-state index is 8.60. The maximum Gasteiger partial charge on any atom is 0.0639 e. The molecule has 0 saturated carbocycles. The van der Waals surface area contributed by atoms with Crippen LogP contribution in [0, 0.1) is 5.41 Å². The van der Waals surface area contributed by atoms with E-state index < -0.39 is 0 Å². The van der Waals surface area contributed by atoms with Crippen molar-refractivity contribution in [3.05, 3.63) is 12.2 Å². The highest BCUT2D eigenvalue weighted by molar-refractivity contribution is 4.96. The van der Waals surface area contributed by atoms with Crippen LogP contribution in [-0.2, 0) is 0 Å². The molecule has 0 amide bonds. The Morgan fingerprint density at radius 1 is 1.44 bits per heavy atom. The molecule has 0 aromatic carbocycles. The average Bonchev–Trinajstić information content (AvgIpc) is 1.62. The largest absolute Gasteiger partial charge is 0.392 e. The van der Waals surface area contributed by atoms with Crippen LogP contribution in [0.2, 0.25) is 0 Å². The second-order valence-electron chi connectivity index (χ2n) is 3.65. The van der Waals surface area contributed by atoms with Crippen molar-refractivity contribution in [2.75, 3.05) is 6.61 Å². The Balaban J connectivity index is 3.60. The molecular formula is C8H16O.